The molecule has 1 aliphatic carbocycles. The Kier molecular flexibility index (Phi) is 3.57. The second-order valence-corrected chi connectivity index (χ2v) is 6.96. The van der Waals surface area contributed by atoms with Crippen LogP contribution in [0.3, 0.4) is 0 Å². The first-order valence-electron chi connectivity index (χ1n) is 8.01. The monoisotopic (exact) mass is 340 g/mol. The van der Waals surface area contributed by atoms with Crippen molar-refractivity contribution in [2.45, 2.75) is 12.5 Å². The number of carbonyl (C=O) groups is 2. The largest absolute Gasteiger partial charge is 0.368 e. The zero-order valence-electron chi connectivity index (χ0n) is 13.0. The van der Waals surface area contributed by atoms with E-state index in [9.17, 15) is 9.59 Å². The van der Waals surface area contributed by atoms with Crippen molar-refractivity contribution in [1.29, 1.82) is 0 Å². The number of nitrogens with two attached hydrogens (primary N) is 1. The zero-order valence-corrected chi connectivity index (χ0v) is 13.7. The van der Waals surface area contributed by atoms with Gasteiger partial charge in [-0.15, -0.1) is 0 Å². The molecule has 2 fully saturated rings. The molecule has 1 saturated carbocycles. The van der Waals surface area contributed by atoms with Gasteiger partial charge in [-0.2, -0.15) is 0 Å². The summed E-state index contributed by atoms with van der Waals surface area (Å²) >= 11 is 6.09. The number of fused-ring (bicyclic) bond motifs is 1. The lowest BCUT2D eigenvalue weighted by atomic mass is 9.98. The third-order valence-electron chi connectivity index (χ3n) is 5.00. The van der Waals surface area contributed by atoms with E-state index in [1.165, 1.54) is 0 Å². The summed E-state index contributed by atoms with van der Waals surface area (Å²) in [4.78, 5) is 26.5. The minimum absolute atomic E-state index is 0.137. The average Bonchev–Trinajstić information content (AvgIpc) is 3.23. The summed E-state index contributed by atoms with van der Waals surface area (Å²) in [6, 6.07) is 14.3. The normalized spacial score (nSPS) is 24.5. The van der Waals surface area contributed by atoms with Gasteiger partial charge < -0.3 is 10.6 Å². The number of primary amides is 1. The summed E-state index contributed by atoms with van der Waals surface area (Å²) in [7, 11) is 0. The number of nitrogens with zero attached hydrogens (tertiary/aromatic N) is 1. The van der Waals surface area contributed by atoms with E-state index in [0.29, 0.717) is 23.0 Å². The molecule has 24 heavy (non-hydrogen) atoms. The number of carbonyl (C=O) groups excluding carboxylic acids is 2. The van der Waals surface area contributed by atoms with Gasteiger partial charge in [0.05, 0.1) is 0 Å². The maximum atomic E-state index is 13.1. The fraction of sp³-hybridized carbons (Fsp3) is 0.263. The summed E-state index contributed by atoms with van der Waals surface area (Å²) < 4.78 is 0. The van der Waals surface area contributed by atoms with Crippen LogP contribution in [-0.2, 0) is 4.79 Å². The molecule has 2 N–H and O–H groups in total. The molecule has 0 radical (unpaired) electrons. The molecule has 0 unspecified atom stereocenters. The molecule has 5 heteroatoms. The number of benzene rings is 2. The van der Waals surface area contributed by atoms with E-state index >= 15 is 0 Å². The van der Waals surface area contributed by atoms with E-state index in [2.05, 4.69) is 0 Å². The van der Waals surface area contributed by atoms with E-state index in [1.807, 2.05) is 36.4 Å². The van der Waals surface area contributed by atoms with Crippen LogP contribution >= 0.6 is 11.6 Å². The Morgan fingerprint density at radius 1 is 1.12 bits per heavy atom. The molecule has 0 spiro atoms. The Morgan fingerprint density at radius 2 is 1.92 bits per heavy atom. The molecule has 122 valence electrons. The number of likely N-dealkylation sites (tertiary alicyclic amines) is 1. The lowest BCUT2D eigenvalue weighted by molar-refractivity contribution is -0.122. The first kappa shape index (κ1) is 15.2. The van der Waals surface area contributed by atoms with Gasteiger partial charge in [-0.05, 0) is 47.6 Å². The van der Waals surface area contributed by atoms with Gasteiger partial charge in [0.1, 0.15) is 6.04 Å². The molecule has 2 aromatic carbocycles. The van der Waals surface area contributed by atoms with E-state index in [4.69, 9.17) is 17.3 Å². The second kappa shape index (κ2) is 5.64. The maximum absolute atomic E-state index is 13.1. The average molecular weight is 341 g/mol. The predicted molar refractivity (Wildman–Crippen MR) is 92.5 cm³/mol. The van der Waals surface area contributed by atoms with Crippen molar-refractivity contribution in [3.63, 3.8) is 0 Å². The maximum Gasteiger partial charge on any atom is 0.255 e. The predicted octanol–water partition coefficient (Wildman–Crippen LogP) is 2.95. The van der Waals surface area contributed by atoms with Crippen LogP contribution in [-0.4, -0.2) is 29.3 Å². The van der Waals surface area contributed by atoms with Crippen LogP contribution in [0.2, 0.25) is 5.02 Å². The number of rotatable bonds is 3. The summed E-state index contributed by atoms with van der Waals surface area (Å²) in [5.74, 6) is 0.115. The van der Waals surface area contributed by atoms with E-state index in [1.54, 1.807) is 17.0 Å². The lowest BCUT2D eigenvalue weighted by Gasteiger charge is -2.26. The van der Waals surface area contributed by atoms with Crippen LogP contribution in [0.15, 0.2) is 48.5 Å². The Bertz CT molecular complexity index is 836. The van der Waals surface area contributed by atoms with E-state index < -0.39 is 11.9 Å². The molecule has 1 aliphatic heterocycles. The molecular weight excluding hydrogens is 324 g/mol. The van der Waals surface area contributed by atoms with Gasteiger partial charge in [0, 0.05) is 17.1 Å². The van der Waals surface area contributed by atoms with Gasteiger partial charge in [0.15, 0.2) is 0 Å². The van der Waals surface area contributed by atoms with Crippen LogP contribution in [0.1, 0.15) is 16.8 Å². The molecule has 2 aromatic rings. The summed E-state index contributed by atoms with van der Waals surface area (Å²) in [5, 5.41) is 0.618. The number of amides is 2. The van der Waals surface area contributed by atoms with Crippen LogP contribution in [0.4, 0.5) is 0 Å². The Morgan fingerprint density at radius 3 is 2.67 bits per heavy atom. The Labute approximate surface area is 145 Å². The number of hydrogen-bond acceptors (Lipinski definition) is 2. The third-order valence-corrected chi connectivity index (χ3v) is 5.23. The lowest BCUT2D eigenvalue weighted by Crippen LogP contribution is -2.46. The van der Waals surface area contributed by atoms with Crippen molar-refractivity contribution in [3.8, 4) is 11.1 Å². The van der Waals surface area contributed by atoms with Crippen LogP contribution in [0.25, 0.3) is 11.1 Å². The highest BCUT2D eigenvalue weighted by atomic mass is 35.5. The van der Waals surface area contributed by atoms with Crippen LogP contribution in [0, 0.1) is 11.8 Å². The number of hydrogen-bond donors (Lipinski definition) is 1. The SMILES string of the molecule is NC(=O)[C@@H]1[C@@H]2C[C@@H]2CN1C(=O)c1ccccc1-c1cccc(Cl)c1. The molecule has 4 rings (SSSR count). The molecule has 3 atom stereocenters. The highest BCUT2D eigenvalue weighted by molar-refractivity contribution is 6.30. The fourth-order valence-corrected chi connectivity index (χ4v) is 3.96. The Hall–Kier alpha value is -2.33. The highest BCUT2D eigenvalue weighted by Gasteiger charge is 2.56. The van der Waals surface area contributed by atoms with Crippen molar-refractivity contribution in [1.82, 2.24) is 4.90 Å². The van der Waals surface area contributed by atoms with Crippen molar-refractivity contribution in [2.24, 2.45) is 17.6 Å². The smallest absolute Gasteiger partial charge is 0.255 e. The first-order valence-corrected chi connectivity index (χ1v) is 8.39. The first-order chi connectivity index (χ1) is 11.6. The van der Waals surface area contributed by atoms with Gasteiger partial charge in [-0.1, -0.05) is 41.9 Å². The molecule has 1 saturated heterocycles. The molecule has 4 nitrogen and oxygen atoms in total. The van der Waals surface area contributed by atoms with Crippen molar-refractivity contribution < 1.29 is 9.59 Å². The fourth-order valence-electron chi connectivity index (χ4n) is 3.77. The van der Waals surface area contributed by atoms with Crippen molar-refractivity contribution in [3.05, 3.63) is 59.1 Å². The minimum atomic E-state index is -0.477. The molecule has 1 heterocycles. The Balaban J connectivity index is 1.72. The van der Waals surface area contributed by atoms with E-state index in [0.717, 1.165) is 17.5 Å². The van der Waals surface area contributed by atoms with Crippen LogP contribution in [0.5, 0.6) is 0 Å². The van der Waals surface area contributed by atoms with Crippen molar-refractivity contribution in [2.75, 3.05) is 6.54 Å². The molecule has 2 aliphatic rings. The van der Waals surface area contributed by atoms with Crippen LogP contribution < -0.4 is 5.73 Å². The zero-order chi connectivity index (χ0) is 16.8. The van der Waals surface area contributed by atoms with Gasteiger partial charge >= 0.3 is 0 Å². The highest BCUT2D eigenvalue weighted by Crippen LogP contribution is 2.50. The topological polar surface area (TPSA) is 63.4 Å². The molecule has 2 amide bonds. The summed E-state index contributed by atoms with van der Waals surface area (Å²) in [6.07, 6.45) is 0.993. The molecular formula is C19H17ClN2O2. The number of halogens is 1. The van der Waals surface area contributed by atoms with Crippen molar-refractivity contribution >= 4 is 23.4 Å². The third kappa shape index (κ3) is 2.47. The summed E-state index contributed by atoms with van der Waals surface area (Å²) in [5.41, 5.74) is 7.81. The van der Waals surface area contributed by atoms with Gasteiger partial charge in [0.2, 0.25) is 5.91 Å². The van der Waals surface area contributed by atoms with Gasteiger partial charge in [-0.25, -0.2) is 0 Å². The summed E-state index contributed by atoms with van der Waals surface area (Å²) in [6.45, 7) is 0.612. The molecule has 0 bridgehead atoms. The quantitative estimate of drug-likeness (QED) is 0.933. The van der Waals surface area contributed by atoms with Gasteiger partial charge in [0.25, 0.3) is 5.91 Å². The number of piperidine rings is 1. The van der Waals surface area contributed by atoms with Gasteiger partial charge in [-0.3, -0.25) is 9.59 Å². The standard InChI is InChI=1S/C19H17ClN2O2/c20-13-5-3-4-11(8-13)14-6-1-2-7-15(14)19(24)22-10-12-9-16(12)17(22)18(21)23/h1-8,12,16-17H,9-10H2,(H2,21,23)/t12-,16-,17+/m1/s1. The minimum Gasteiger partial charge on any atom is -0.368 e. The second-order valence-electron chi connectivity index (χ2n) is 6.52. The molecule has 0 aromatic heterocycles. The van der Waals surface area contributed by atoms with E-state index in [-0.39, 0.29) is 11.8 Å².